The van der Waals surface area contributed by atoms with E-state index in [-0.39, 0.29) is 11.5 Å². The number of amides is 1. The van der Waals surface area contributed by atoms with Gasteiger partial charge in [-0.3, -0.25) is 4.79 Å². The Labute approximate surface area is 137 Å². The normalized spacial score (nSPS) is 37.5. The number of rotatable bonds is 3. The van der Waals surface area contributed by atoms with Crippen LogP contribution in [0.4, 0.5) is 0 Å². The molecule has 22 heavy (non-hydrogen) atoms. The molecule has 3 heteroatoms. The Balaban J connectivity index is 2.27. The smallest absolute Gasteiger partial charge is 0.226 e. The first-order valence-corrected chi connectivity index (χ1v) is 9.46. The maximum Gasteiger partial charge on any atom is 0.226 e. The van der Waals surface area contributed by atoms with E-state index in [1.54, 1.807) is 0 Å². The lowest BCUT2D eigenvalue weighted by molar-refractivity contribution is -0.148. The number of nitrogens with zero attached hydrogens (tertiary/aromatic N) is 1. The Morgan fingerprint density at radius 2 is 2.05 bits per heavy atom. The van der Waals surface area contributed by atoms with Crippen molar-refractivity contribution < 1.29 is 4.79 Å². The van der Waals surface area contributed by atoms with Gasteiger partial charge in [-0.15, -0.1) is 0 Å². The summed E-state index contributed by atoms with van der Waals surface area (Å²) in [7, 11) is 0. The third-order valence-electron chi connectivity index (χ3n) is 5.76. The second kappa shape index (κ2) is 7.33. The van der Waals surface area contributed by atoms with Crippen molar-refractivity contribution in [2.45, 2.75) is 103 Å². The van der Waals surface area contributed by atoms with Crippen LogP contribution < -0.4 is 5.73 Å². The van der Waals surface area contributed by atoms with Gasteiger partial charge < -0.3 is 10.6 Å². The summed E-state index contributed by atoms with van der Waals surface area (Å²) >= 11 is 0. The Morgan fingerprint density at radius 1 is 1.32 bits per heavy atom. The van der Waals surface area contributed by atoms with Crippen LogP contribution in [-0.2, 0) is 4.79 Å². The maximum absolute atomic E-state index is 13.0. The van der Waals surface area contributed by atoms with E-state index in [2.05, 4.69) is 32.6 Å². The number of piperidine rings is 1. The van der Waals surface area contributed by atoms with Crippen molar-refractivity contribution in [3.8, 4) is 0 Å². The topological polar surface area (TPSA) is 46.3 Å². The first-order chi connectivity index (χ1) is 10.4. The highest BCUT2D eigenvalue weighted by molar-refractivity contribution is 5.80. The van der Waals surface area contributed by atoms with Gasteiger partial charge >= 0.3 is 0 Å². The van der Waals surface area contributed by atoms with E-state index >= 15 is 0 Å². The first kappa shape index (κ1) is 17.8. The zero-order valence-electron chi connectivity index (χ0n) is 15.1. The van der Waals surface area contributed by atoms with Gasteiger partial charge in [0.15, 0.2) is 0 Å². The molecule has 0 spiro atoms. The highest BCUT2D eigenvalue weighted by Gasteiger charge is 2.43. The van der Waals surface area contributed by atoms with E-state index in [0.29, 0.717) is 23.9 Å². The fourth-order valence-corrected chi connectivity index (χ4v) is 4.81. The summed E-state index contributed by atoms with van der Waals surface area (Å²) in [6.45, 7) is 8.77. The van der Waals surface area contributed by atoms with Gasteiger partial charge in [0.25, 0.3) is 0 Å². The van der Waals surface area contributed by atoms with Crippen molar-refractivity contribution in [3.05, 3.63) is 0 Å². The van der Waals surface area contributed by atoms with Gasteiger partial charge in [0.1, 0.15) is 0 Å². The standard InChI is InChI=1S/C19H36N2O/c1-5-9-15-12-16-13-19(4,20)11-8-6-7-10-17(16)21(14(2)3)18(15)22/h14-17H,5-13,20H2,1-4H3. The van der Waals surface area contributed by atoms with E-state index in [1.807, 2.05) is 0 Å². The van der Waals surface area contributed by atoms with Gasteiger partial charge in [-0.2, -0.15) is 0 Å². The molecular formula is C19H36N2O. The predicted molar refractivity (Wildman–Crippen MR) is 92.6 cm³/mol. The van der Waals surface area contributed by atoms with Crippen molar-refractivity contribution in [2.24, 2.45) is 17.6 Å². The van der Waals surface area contributed by atoms with Crippen LogP contribution >= 0.6 is 0 Å². The molecule has 0 bridgehead atoms. The van der Waals surface area contributed by atoms with E-state index < -0.39 is 0 Å². The van der Waals surface area contributed by atoms with Gasteiger partial charge in [-0.05, 0) is 58.8 Å². The molecule has 2 rings (SSSR count). The second-order valence-electron chi connectivity index (χ2n) is 8.35. The summed E-state index contributed by atoms with van der Waals surface area (Å²) in [6.07, 6.45) is 10.3. The largest absolute Gasteiger partial charge is 0.337 e. The molecule has 0 aromatic heterocycles. The van der Waals surface area contributed by atoms with Crippen molar-refractivity contribution >= 4 is 5.91 Å². The van der Waals surface area contributed by atoms with Gasteiger partial charge in [0, 0.05) is 23.5 Å². The quantitative estimate of drug-likeness (QED) is 0.853. The summed E-state index contributed by atoms with van der Waals surface area (Å²) in [5.41, 5.74) is 6.53. The van der Waals surface area contributed by atoms with Crippen LogP contribution in [0.2, 0.25) is 0 Å². The van der Waals surface area contributed by atoms with E-state index in [1.165, 1.54) is 25.7 Å². The molecule has 1 amide bonds. The van der Waals surface area contributed by atoms with Gasteiger partial charge in [-0.1, -0.05) is 32.6 Å². The molecule has 2 N–H and O–H groups in total. The summed E-state index contributed by atoms with van der Waals surface area (Å²) in [6, 6.07) is 0.728. The molecule has 1 saturated heterocycles. The van der Waals surface area contributed by atoms with Crippen LogP contribution in [0, 0.1) is 11.8 Å². The van der Waals surface area contributed by atoms with Crippen LogP contribution in [0.1, 0.15) is 85.5 Å². The number of hydrogen-bond donors (Lipinski definition) is 1. The molecule has 2 fully saturated rings. The van der Waals surface area contributed by atoms with Crippen molar-refractivity contribution in [3.63, 3.8) is 0 Å². The van der Waals surface area contributed by atoms with Crippen molar-refractivity contribution in [2.75, 3.05) is 0 Å². The van der Waals surface area contributed by atoms with Crippen molar-refractivity contribution in [1.29, 1.82) is 0 Å². The lowest BCUT2D eigenvalue weighted by Gasteiger charge is -2.48. The molecule has 1 aliphatic heterocycles. The third kappa shape index (κ3) is 4.04. The average Bonchev–Trinajstić information content (AvgIpc) is 2.48. The Kier molecular flexibility index (Phi) is 5.93. The average molecular weight is 309 g/mol. The van der Waals surface area contributed by atoms with Gasteiger partial charge in [-0.25, -0.2) is 0 Å². The highest BCUT2D eigenvalue weighted by Crippen LogP contribution is 2.40. The van der Waals surface area contributed by atoms with Gasteiger partial charge in [0.05, 0.1) is 0 Å². The molecule has 128 valence electrons. The van der Waals surface area contributed by atoms with Crippen LogP contribution in [0.5, 0.6) is 0 Å². The van der Waals surface area contributed by atoms with E-state index in [4.69, 9.17) is 5.73 Å². The van der Waals surface area contributed by atoms with E-state index in [9.17, 15) is 4.79 Å². The van der Waals surface area contributed by atoms with Crippen LogP contribution in [0.15, 0.2) is 0 Å². The minimum absolute atomic E-state index is 0.0624. The molecule has 1 heterocycles. The monoisotopic (exact) mass is 308 g/mol. The Bertz CT molecular complexity index is 378. The van der Waals surface area contributed by atoms with Crippen LogP contribution in [0.25, 0.3) is 0 Å². The molecule has 0 aromatic rings. The Morgan fingerprint density at radius 3 is 2.68 bits per heavy atom. The molecule has 1 aliphatic carbocycles. The summed E-state index contributed by atoms with van der Waals surface area (Å²) in [5.74, 6) is 1.23. The minimum Gasteiger partial charge on any atom is -0.337 e. The van der Waals surface area contributed by atoms with Crippen LogP contribution in [-0.4, -0.2) is 28.4 Å². The molecule has 2 aliphatic rings. The fraction of sp³-hybridized carbons (Fsp3) is 0.947. The molecule has 1 saturated carbocycles. The first-order valence-electron chi connectivity index (χ1n) is 9.46. The molecule has 0 aromatic carbocycles. The number of carbonyl (C=O) groups is 1. The molecule has 3 nitrogen and oxygen atoms in total. The van der Waals surface area contributed by atoms with E-state index in [0.717, 1.165) is 32.1 Å². The highest BCUT2D eigenvalue weighted by atomic mass is 16.2. The summed E-state index contributed by atoms with van der Waals surface area (Å²) < 4.78 is 0. The minimum atomic E-state index is -0.0624. The van der Waals surface area contributed by atoms with Gasteiger partial charge in [0.2, 0.25) is 5.91 Å². The SMILES string of the molecule is CCCC1CC2CC(C)(N)CCCCCC2N(C(C)C)C1=O. The Hall–Kier alpha value is -0.570. The van der Waals surface area contributed by atoms with Crippen LogP contribution in [0.3, 0.4) is 0 Å². The van der Waals surface area contributed by atoms with Crippen molar-refractivity contribution in [1.82, 2.24) is 4.90 Å². The molecular weight excluding hydrogens is 272 g/mol. The summed E-state index contributed by atoms with van der Waals surface area (Å²) in [5, 5.41) is 0. The number of likely N-dealkylation sites (tertiary alicyclic amines) is 1. The lowest BCUT2D eigenvalue weighted by atomic mass is 9.73. The fourth-order valence-electron chi connectivity index (χ4n) is 4.81. The predicted octanol–water partition coefficient (Wildman–Crippen LogP) is 4.10. The summed E-state index contributed by atoms with van der Waals surface area (Å²) in [4.78, 5) is 15.2. The maximum atomic E-state index is 13.0. The number of fused-ring (bicyclic) bond motifs is 1. The molecule has 0 radical (unpaired) electrons. The lowest BCUT2D eigenvalue weighted by Crippen LogP contribution is -2.56. The number of carbonyl (C=O) groups excluding carboxylic acids is 1. The number of hydrogen-bond acceptors (Lipinski definition) is 2. The molecule has 4 atom stereocenters. The second-order valence-corrected chi connectivity index (χ2v) is 8.35. The molecule has 4 unspecified atom stereocenters. The third-order valence-corrected chi connectivity index (χ3v) is 5.76. The zero-order valence-corrected chi connectivity index (χ0v) is 15.1. The number of nitrogens with two attached hydrogens (primary N) is 1. The zero-order chi connectivity index (χ0) is 16.3.